The summed E-state index contributed by atoms with van der Waals surface area (Å²) < 4.78 is 0. The molecule has 0 radical (unpaired) electrons. The van der Waals surface area contributed by atoms with Gasteiger partial charge in [0, 0.05) is 17.8 Å². The van der Waals surface area contributed by atoms with Crippen LogP contribution in [0, 0.1) is 28.6 Å². The maximum atomic E-state index is 12.0. The Labute approximate surface area is 153 Å². The number of nitriles is 2. The van der Waals surface area contributed by atoms with E-state index in [9.17, 15) is 4.79 Å². The second-order valence-corrected chi connectivity index (χ2v) is 5.71. The van der Waals surface area contributed by atoms with E-state index in [1.54, 1.807) is 12.1 Å². The van der Waals surface area contributed by atoms with Gasteiger partial charge in [0.15, 0.2) is 5.92 Å². The van der Waals surface area contributed by atoms with Crippen molar-refractivity contribution in [2.24, 2.45) is 10.9 Å². The zero-order chi connectivity index (χ0) is 18.6. The fraction of sp³-hybridized carbons (Fsp3) is 0.238. The van der Waals surface area contributed by atoms with Crippen molar-refractivity contribution in [3.05, 3.63) is 71.8 Å². The lowest BCUT2D eigenvalue weighted by Crippen LogP contribution is -2.25. The van der Waals surface area contributed by atoms with Gasteiger partial charge < -0.3 is 5.32 Å². The van der Waals surface area contributed by atoms with Gasteiger partial charge in [0.1, 0.15) is 0 Å². The van der Waals surface area contributed by atoms with Crippen molar-refractivity contribution in [2.45, 2.75) is 19.4 Å². The number of hydrogen-bond donors (Lipinski definition) is 1. The van der Waals surface area contributed by atoms with Gasteiger partial charge in [0.05, 0.1) is 18.7 Å². The summed E-state index contributed by atoms with van der Waals surface area (Å²) in [5.41, 5.74) is 2.20. The molecule has 130 valence electrons. The van der Waals surface area contributed by atoms with Crippen LogP contribution in [0.1, 0.15) is 28.8 Å². The summed E-state index contributed by atoms with van der Waals surface area (Å²) in [6.45, 7) is 0.897. The van der Waals surface area contributed by atoms with E-state index >= 15 is 0 Å². The van der Waals surface area contributed by atoms with Crippen molar-refractivity contribution in [2.75, 3.05) is 6.54 Å². The van der Waals surface area contributed by atoms with Crippen molar-refractivity contribution in [3.63, 3.8) is 0 Å². The van der Waals surface area contributed by atoms with Crippen LogP contribution in [-0.4, -0.2) is 18.2 Å². The first-order valence-corrected chi connectivity index (χ1v) is 8.44. The van der Waals surface area contributed by atoms with Gasteiger partial charge in [-0.2, -0.15) is 10.5 Å². The van der Waals surface area contributed by atoms with Crippen LogP contribution in [0.15, 0.2) is 65.7 Å². The summed E-state index contributed by atoms with van der Waals surface area (Å²) in [5.74, 6) is -0.992. The molecule has 0 unspecified atom stereocenters. The van der Waals surface area contributed by atoms with Gasteiger partial charge in [-0.1, -0.05) is 48.5 Å². The Bertz CT molecular complexity index is 803. The first-order chi connectivity index (χ1) is 12.7. The average Bonchev–Trinajstić information content (AvgIpc) is 2.70. The minimum Gasteiger partial charge on any atom is -0.352 e. The van der Waals surface area contributed by atoms with E-state index in [4.69, 9.17) is 10.5 Å². The lowest BCUT2D eigenvalue weighted by atomic mass is 10.0. The third-order valence-electron chi connectivity index (χ3n) is 3.83. The van der Waals surface area contributed by atoms with E-state index in [1.807, 2.05) is 60.7 Å². The highest BCUT2D eigenvalue weighted by Gasteiger charge is 2.14. The smallest absolute Gasteiger partial charge is 0.251 e. The van der Waals surface area contributed by atoms with E-state index in [0.29, 0.717) is 37.2 Å². The highest BCUT2D eigenvalue weighted by molar-refractivity contribution is 5.94. The molecule has 26 heavy (non-hydrogen) atoms. The Hall–Kier alpha value is -3.44. The fourth-order valence-corrected chi connectivity index (χ4v) is 2.43. The molecule has 0 heterocycles. The zero-order valence-electron chi connectivity index (χ0n) is 14.4. The molecular weight excluding hydrogens is 324 g/mol. The number of amides is 1. The van der Waals surface area contributed by atoms with Crippen LogP contribution in [0.4, 0.5) is 0 Å². The minimum absolute atomic E-state index is 0.134. The zero-order valence-corrected chi connectivity index (χ0v) is 14.4. The molecule has 0 aliphatic heterocycles. The Morgan fingerprint density at radius 1 is 1.00 bits per heavy atom. The first kappa shape index (κ1) is 18.9. The van der Waals surface area contributed by atoms with Gasteiger partial charge in [0.2, 0.25) is 0 Å². The molecule has 5 heteroatoms. The van der Waals surface area contributed by atoms with Gasteiger partial charge >= 0.3 is 0 Å². The molecule has 1 amide bonds. The number of nitrogens with zero attached hydrogens (tertiary/aromatic N) is 3. The summed E-state index contributed by atoms with van der Waals surface area (Å²) in [7, 11) is 0. The number of aliphatic imine (C=N–C) groups is 1. The molecule has 5 nitrogen and oxygen atoms in total. The normalized spacial score (nSPS) is 10.8. The standard InChI is InChI=1S/C21H20N4O/c22-14-19(15-23)20(25-16-17-8-3-1-4-9-17)12-7-13-24-21(26)18-10-5-2-6-11-18/h1-6,8-11,19H,7,12-13,16H2,(H,24,26). The van der Waals surface area contributed by atoms with Crippen molar-refractivity contribution < 1.29 is 4.79 Å². The summed E-state index contributed by atoms with van der Waals surface area (Å²) in [6, 6.07) is 22.6. The Balaban J connectivity index is 1.90. The van der Waals surface area contributed by atoms with Crippen molar-refractivity contribution in [1.29, 1.82) is 10.5 Å². The number of carbonyl (C=O) groups excluding carboxylic acids is 1. The average molecular weight is 344 g/mol. The number of rotatable bonds is 8. The predicted octanol–water partition coefficient (Wildman–Crippen LogP) is 3.50. The van der Waals surface area contributed by atoms with Crippen LogP contribution in [0.5, 0.6) is 0 Å². The number of benzene rings is 2. The Morgan fingerprint density at radius 3 is 2.23 bits per heavy atom. The van der Waals surface area contributed by atoms with Crippen molar-refractivity contribution >= 4 is 11.6 Å². The summed E-state index contributed by atoms with van der Waals surface area (Å²) >= 11 is 0. The topological polar surface area (TPSA) is 89.0 Å². The van der Waals surface area contributed by atoms with Gasteiger partial charge in [-0.3, -0.25) is 9.79 Å². The molecule has 0 saturated heterocycles. The third-order valence-corrected chi connectivity index (χ3v) is 3.83. The Morgan fingerprint density at radius 2 is 1.62 bits per heavy atom. The molecule has 1 N–H and O–H groups in total. The maximum absolute atomic E-state index is 12.0. The van der Waals surface area contributed by atoms with Crippen LogP contribution in [-0.2, 0) is 6.54 Å². The maximum Gasteiger partial charge on any atom is 0.251 e. The van der Waals surface area contributed by atoms with Crippen molar-refractivity contribution in [1.82, 2.24) is 5.32 Å². The van der Waals surface area contributed by atoms with Crippen LogP contribution < -0.4 is 5.32 Å². The molecule has 0 aliphatic rings. The largest absolute Gasteiger partial charge is 0.352 e. The number of nitrogens with one attached hydrogen (secondary N) is 1. The fourth-order valence-electron chi connectivity index (χ4n) is 2.43. The quantitative estimate of drug-likeness (QED) is 0.587. The molecule has 0 atom stereocenters. The molecule has 2 aromatic carbocycles. The lowest BCUT2D eigenvalue weighted by Gasteiger charge is -2.09. The van der Waals surface area contributed by atoms with Crippen molar-refractivity contribution in [3.8, 4) is 12.1 Å². The van der Waals surface area contributed by atoms with E-state index in [-0.39, 0.29) is 5.91 Å². The third kappa shape index (κ3) is 5.89. The summed E-state index contributed by atoms with van der Waals surface area (Å²) in [4.78, 5) is 16.5. The highest BCUT2D eigenvalue weighted by Crippen LogP contribution is 2.08. The van der Waals surface area contributed by atoms with E-state index in [2.05, 4.69) is 10.3 Å². The first-order valence-electron chi connectivity index (χ1n) is 8.44. The monoisotopic (exact) mass is 344 g/mol. The molecular formula is C21H20N4O. The SMILES string of the molecule is N#CC(C#N)C(CCCNC(=O)c1ccccc1)=NCc1ccccc1. The van der Waals surface area contributed by atoms with Crippen LogP contribution >= 0.6 is 0 Å². The van der Waals surface area contributed by atoms with Gasteiger partial charge in [0.25, 0.3) is 5.91 Å². The van der Waals surface area contributed by atoms with E-state index in [1.165, 1.54) is 0 Å². The second-order valence-electron chi connectivity index (χ2n) is 5.71. The summed E-state index contributed by atoms with van der Waals surface area (Å²) in [5, 5.41) is 21.2. The predicted molar refractivity (Wildman–Crippen MR) is 100 cm³/mol. The van der Waals surface area contributed by atoms with Gasteiger partial charge in [-0.15, -0.1) is 0 Å². The molecule has 2 aromatic rings. The molecule has 0 saturated carbocycles. The van der Waals surface area contributed by atoms with Gasteiger partial charge in [-0.05, 0) is 30.5 Å². The highest BCUT2D eigenvalue weighted by atomic mass is 16.1. The molecule has 0 fully saturated rings. The second kappa shape index (κ2) is 10.4. The van der Waals surface area contributed by atoms with E-state index in [0.717, 1.165) is 5.56 Å². The Kier molecular flexibility index (Phi) is 7.58. The van der Waals surface area contributed by atoms with E-state index < -0.39 is 5.92 Å². The van der Waals surface area contributed by atoms with Crippen LogP contribution in [0.25, 0.3) is 0 Å². The molecule has 0 aliphatic carbocycles. The number of hydrogen-bond acceptors (Lipinski definition) is 4. The number of carbonyl (C=O) groups is 1. The molecule has 2 rings (SSSR count). The molecule has 0 bridgehead atoms. The van der Waals surface area contributed by atoms with Crippen LogP contribution in [0.2, 0.25) is 0 Å². The van der Waals surface area contributed by atoms with Crippen LogP contribution in [0.3, 0.4) is 0 Å². The molecule has 0 aromatic heterocycles. The van der Waals surface area contributed by atoms with Gasteiger partial charge in [-0.25, -0.2) is 0 Å². The minimum atomic E-state index is -0.858. The molecule has 0 spiro atoms. The lowest BCUT2D eigenvalue weighted by molar-refractivity contribution is 0.0953. The summed E-state index contributed by atoms with van der Waals surface area (Å²) in [6.07, 6.45) is 1.11.